The summed E-state index contributed by atoms with van der Waals surface area (Å²) in [4.78, 5) is 25.8. The Morgan fingerprint density at radius 2 is 2.08 bits per heavy atom. The molecule has 1 aliphatic carbocycles. The number of rotatable bonds is 4. The lowest BCUT2D eigenvalue weighted by molar-refractivity contribution is -0.125. The second-order valence-electron chi connectivity index (χ2n) is 6.96. The first-order valence-corrected chi connectivity index (χ1v) is 8.91. The largest absolute Gasteiger partial charge is 0.354 e. The van der Waals surface area contributed by atoms with E-state index in [2.05, 4.69) is 21.3 Å². The molecule has 25 heavy (non-hydrogen) atoms. The van der Waals surface area contributed by atoms with Gasteiger partial charge in [-0.2, -0.15) is 5.26 Å². The van der Waals surface area contributed by atoms with Crippen molar-refractivity contribution in [3.8, 4) is 6.07 Å². The highest BCUT2D eigenvalue weighted by molar-refractivity contribution is 5.93. The zero-order valence-electron chi connectivity index (χ0n) is 14.9. The number of carbonyl (C=O) groups is 2. The van der Waals surface area contributed by atoms with Gasteiger partial charge >= 0.3 is 0 Å². The molecule has 0 aromatic carbocycles. The molecule has 0 bridgehead atoms. The van der Waals surface area contributed by atoms with Crippen molar-refractivity contribution in [1.29, 1.82) is 5.26 Å². The zero-order valence-corrected chi connectivity index (χ0v) is 14.9. The highest BCUT2D eigenvalue weighted by Crippen LogP contribution is 2.37. The van der Waals surface area contributed by atoms with E-state index in [0.717, 1.165) is 24.1 Å². The summed E-state index contributed by atoms with van der Waals surface area (Å²) in [6.45, 7) is 5.56. The van der Waals surface area contributed by atoms with Gasteiger partial charge in [0.25, 0.3) is 0 Å². The maximum Gasteiger partial charge on any atom is 0.239 e. The Balaban J connectivity index is 1.81. The van der Waals surface area contributed by atoms with E-state index in [0.29, 0.717) is 30.5 Å². The van der Waals surface area contributed by atoms with Gasteiger partial charge in [-0.15, -0.1) is 0 Å². The summed E-state index contributed by atoms with van der Waals surface area (Å²) < 4.78 is 2.14. The lowest BCUT2D eigenvalue weighted by atomic mass is 10.2. The molecule has 2 aliphatic rings. The Morgan fingerprint density at radius 3 is 2.72 bits per heavy atom. The van der Waals surface area contributed by atoms with Gasteiger partial charge in [0, 0.05) is 24.8 Å². The molecule has 2 amide bonds. The van der Waals surface area contributed by atoms with Crippen LogP contribution >= 0.6 is 0 Å². The predicted molar refractivity (Wildman–Crippen MR) is 94.2 cm³/mol. The number of aromatic nitrogens is 1. The van der Waals surface area contributed by atoms with Crippen LogP contribution in [0.3, 0.4) is 0 Å². The molecule has 0 spiro atoms. The first kappa shape index (κ1) is 17.5. The molecular formula is C18H25N5O2. The van der Waals surface area contributed by atoms with Crippen LogP contribution in [0.25, 0.3) is 0 Å². The molecule has 0 atom stereocenters. The highest BCUT2D eigenvalue weighted by Gasteiger charge is 2.27. The third kappa shape index (κ3) is 3.54. The van der Waals surface area contributed by atoms with Gasteiger partial charge in [-0.3, -0.25) is 14.5 Å². The summed E-state index contributed by atoms with van der Waals surface area (Å²) in [7, 11) is 0. The number of anilines is 1. The third-order valence-corrected chi connectivity index (χ3v) is 5.30. The van der Waals surface area contributed by atoms with E-state index in [9.17, 15) is 14.9 Å². The maximum absolute atomic E-state index is 12.5. The van der Waals surface area contributed by atoms with Gasteiger partial charge in [-0.25, -0.2) is 0 Å². The molecule has 7 heteroatoms. The number of nitrogens with one attached hydrogen (secondary N) is 2. The summed E-state index contributed by atoms with van der Waals surface area (Å²) in [5.74, 6) is 0.386. The first-order chi connectivity index (χ1) is 12.0. The molecule has 0 radical (unpaired) electrons. The molecule has 2 N–H and O–H groups in total. The number of nitrogens with zero attached hydrogens (tertiary/aromatic N) is 3. The highest BCUT2D eigenvalue weighted by atomic mass is 16.2. The first-order valence-electron chi connectivity index (χ1n) is 8.91. The van der Waals surface area contributed by atoms with E-state index in [-0.39, 0.29) is 24.9 Å². The zero-order chi connectivity index (χ0) is 18.0. The molecule has 1 aromatic heterocycles. The Bertz CT molecular complexity index is 725. The van der Waals surface area contributed by atoms with Crippen LogP contribution in [-0.2, 0) is 9.59 Å². The maximum atomic E-state index is 12.5. The number of piperazine rings is 1. The second kappa shape index (κ2) is 7.28. The molecule has 0 unspecified atom stereocenters. The van der Waals surface area contributed by atoms with Crippen molar-refractivity contribution in [3.05, 3.63) is 16.8 Å². The van der Waals surface area contributed by atoms with Gasteiger partial charge < -0.3 is 15.2 Å². The molecule has 2 fully saturated rings. The predicted octanol–water partition coefficient (Wildman–Crippen LogP) is 1.46. The Morgan fingerprint density at radius 1 is 1.36 bits per heavy atom. The Hall–Kier alpha value is -2.33. The average Bonchev–Trinajstić information content (AvgIpc) is 3.15. The second-order valence-corrected chi connectivity index (χ2v) is 6.96. The van der Waals surface area contributed by atoms with Crippen LogP contribution in [0.5, 0.6) is 0 Å². The summed E-state index contributed by atoms with van der Waals surface area (Å²) >= 11 is 0. The fraction of sp³-hybridized carbons (Fsp3) is 0.611. The van der Waals surface area contributed by atoms with E-state index in [1.165, 1.54) is 12.8 Å². The van der Waals surface area contributed by atoms with Crippen LogP contribution in [0.15, 0.2) is 0 Å². The quantitative estimate of drug-likeness (QED) is 0.866. The van der Waals surface area contributed by atoms with Crippen LogP contribution in [0.4, 0.5) is 5.82 Å². The van der Waals surface area contributed by atoms with E-state index in [4.69, 9.17) is 0 Å². The van der Waals surface area contributed by atoms with E-state index < -0.39 is 0 Å². The number of amides is 2. The molecule has 134 valence electrons. The van der Waals surface area contributed by atoms with Crippen molar-refractivity contribution in [1.82, 2.24) is 14.8 Å². The number of carbonyl (C=O) groups excluding carboxylic acids is 2. The number of nitriles is 1. The molecule has 7 nitrogen and oxygen atoms in total. The van der Waals surface area contributed by atoms with Crippen molar-refractivity contribution in [2.45, 2.75) is 45.6 Å². The molecular weight excluding hydrogens is 318 g/mol. The van der Waals surface area contributed by atoms with Gasteiger partial charge in [0.1, 0.15) is 11.9 Å². The molecule has 1 saturated carbocycles. The van der Waals surface area contributed by atoms with Crippen molar-refractivity contribution >= 4 is 17.6 Å². The summed E-state index contributed by atoms with van der Waals surface area (Å²) in [6, 6.07) is 2.60. The average molecular weight is 343 g/mol. The van der Waals surface area contributed by atoms with Crippen LogP contribution < -0.4 is 10.6 Å². The molecule has 1 aliphatic heterocycles. The van der Waals surface area contributed by atoms with Crippen molar-refractivity contribution in [2.24, 2.45) is 0 Å². The van der Waals surface area contributed by atoms with Crippen molar-refractivity contribution in [2.75, 3.05) is 31.5 Å². The van der Waals surface area contributed by atoms with Gasteiger partial charge in [0.15, 0.2) is 0 Å². The minimum atomic E-state index is -0.178. The minimum absolute atomic E-state index is 0.0576. The molecule has 1 saturated heterocycles. The van der Waals surface area contributed by atoms with E-state index in [1.807, 2.05) is 18.7 Å². The van der Waals surface area contributed by atoms with Crippen molar-refractivity contribution < 1.29 is 9.59 Å². The summed E-state index contributed by atoms with van der Waals surface area (Å²) in [5.41, 5.74) is 2.53. The summed E-state index contributed by atoms with van der Waals surface area (Å²) in [6.07, 6.45) is 4.52. The van der Waals surface area contributed by atoms with Crippen LogP contribution in [0.2, 0.25) is 0 Å². The minimum Gasteiger partial charge on any atom is -0.354 e. The SMILES string of the molecule is Cc1c(C#N)c(NC(=O)CN2CCNC(=O)C2)n(C2CCCC2)c1C. The van der Waals surface area contributed by atoms with Gasteiger partial charge in [0.2, 0.25) is 11.8 Å². The Labute approximate surface area is 148 Å². The fourth-order valence-corrected chi connectivity index (χ4v) is 3.91. The van der Waals surface area contributed by atoms with Crippen LogP contribution in [0, 0.1) is 25.2 Å². The molecule has 2 heterocycles. The third-order valence-electron chi connectivity index (χ3n) is 5.30. The number of hydrogen-bond donors (Lipinski definition) is 2. The molecule has 3 rings (SSSR count). The smallest absolute Gasteiger partial charge is 0.239 e. The lowest BCUT2D eigenvalue weighted by Crippen LogP contribution is -2.49. The Kier molecular flexibility index (Phi) is 5.09. The van der Waals surface area contributed by atoms with Gasteiger partial charge in [-0.05, 0) is 32.3 Å². The standard InChI is InChI=1S/C18H25N5O2/c1-12-13(2)23(14-5-3-4-6-14)18(15(12)9-19)21-17(25)11-22-8-7-20-16(24)10-22/h14H,3-8,10-11H2,1-2H3,(H,20,24)(H,21,25). The molecule has 1 aromatic rings. The fourth-order valence-electron chi connectivity index (χ4n) is 3.91. The van der Waals surface area contributed by atoms with E-state index >= 15 is 0 Å². The topological polar surface area (TPSA) is 90.2 Å². The monoisotopic (exact) mass is 343 g/mol. The van der Waals surface area contributed by atoms with E-state index in [1.54, 1.807) is 0 Å². The van der Waals surface area contributed by atoms with Gasteiger partial charge in [-0.1, -0.05) is 12.8 Å². The summed E-state index contributed by atoms with van der Waals surface area (Å²) in [5, 5.41) is 15.3. The van der Waals surface area contributed by atoms with Crippen molar-refractivity contribution in [3.63, 3.8) is 0 Å². The van der Waals surface area contributed by atoms with Crippen LogP contribution in [-0.4, -0.2) is 47.5 Å². The van der Waals surface area contributed by atoms with Crippen LogP contribution in [0.1, 0.15) is 48.5 Å². The lowest BCUT2D eigenvalue weighted by Gasteiger charge is -2.26. The number of hydrogen-bond acceptors (Lipinski definition) is 4. The normalized spacial score (nSPS) is 18.8. The van der Waals surface area contributed by atoms with Gasteiger partial charge in [0.05, 0.1) is 18.7 Å².